The van der Waals surface area contributed by atoms with Crippen LogP contribution < -0.4 is 9.64 Å². The second-order valence-electron chi connectivity index (χ2n) is 4.75. The van der Waals surface area contributed by atoms with Gasteiger partial charge in [-0.1, -0.05) is 18.7 Å². The zero-order valence-corrected chi connectivity index (χ0v) is 12.5. The lowest BCUT2D eigenvalue weighted by Crippen LogP contribution is -2.23. The molecule has 1 aliphatic rings. The number of rotatable bonds is 7. The predicted octanol–water partition coefficient (Wildman–Crippen LogP) is 2.33. The number of anilines is 1. The van der Waals surface area contributed by atoms with E-state index in [4.69, 9.17) is 14.7 Å². The number of aldehydes is 1. The third kappa shape index (κ3) is 3.77. The molecule has 118 valence electrons. The SMILES string of the molecule is C=CC(=O)OCCCCN1/C(=C(\C#N)C=O)Oc2ccccc21. The van der Waals surface area contributed by atoms with Crippen molar-refractivity contribution in [2.75, 3.05) is 18.1 Å². The summed E-state index contributed by atoms with van der Waals surface area (Å²) in [5.41, 5.74) is 0.750. The highest BCUT2D eigenvalue weighted by molar-refractivity contribution is 5.83. The van der Waals surface area contributed by atoms with Gasteiger partial charge in [0.15, 0.2) is 17.6 Å². The summed E-state index contributed by atoms with van der Waals surface area (Å²) in [7, 11) is 0. The lowest BCUT2D eigenvalue weighted by molar-refractivity contribution is -0.137. The van der Waals surface area contributed by atoms with Crippen LogP contribution in [0.25, 0.3) is 0 Å². The van der Waals surface area contributed by atoms with E-state index >= 15 is 0 Å². The van der Waals surface area contributed by atoms with Gasteiger partial charge in [-0.25, -0.2) is 4.79 Å². The van der Waals surface area contributed by atoms with Crippen LogP contribution in [0.15, 0.2) is 48.4 Å². The summed E-state index contributed by atoms with van der Waals surface area (Å²) < 4.78 is 10.5. The molecule has 6 nitrogen and oxygen atoms in total. The highest BCUT2D eigenvalue weighted by atomic mass is 16.5. The molecule has 0 saturated carbocycles. The molecule has 0 unspecified atom stereocenters. The normalized spacial score (nSPS) is 14.3. The van der Waals surface area contributed by atoms with Crippen LogP contribution in [-0.2, 0) is 14.3 Å². The Labute approximate surface area is 134 Å². The quantitative estimate of drug-likeness (QED) is 0.253. The molecule has 23 heavy (non-hydrogen) atoms. The molecule has 1 aromatic rings. The van der Waals surface area contributed by atoms with Gasteiger partial charge in [0.1, 0.15) is 6.07 Å². The molecule has 1 heterocycles. The molecule has 1 aromatic carbocycles. The number of nitrogens with zero attached hydrogens (tertiary/aromatic N) is 2. The number of benzene rings is 1. The second-order valence-corrected chi connectivity index (χ2v) is 4.75. The van der Waals surface area contributed by atoms with Gasteiger partial charge in [-0.15, -0.1) is 0 Å². The summed E-state index contributed by atoms with van der Waals surface area (Å²) in [5.74, 6) is 0.398. The van der Waals surface area contributed by atoms with Gasteiger partial charge >= 0.3 is 5.97 Å². The van der Waals surface area contributed by atoms with Crippen molar-refractivity contribution in [3.8, 4) is 11.8 Å². The monoisotopic (exact) mass is 312 g/mol. The van der Waals surface area contributed by atoms with E-state index in [1.54, 1.807) is 11.0 Å². The van der Waals surface area contributed by atoms with Crippen LogP contribution in [0.3, 0.4) is 0 Å². The zero-order valence-electron chi connectivity index (χ0n) is 12.5. The fourth-order valence-electron chi connectivity index (χ4n) is 2.19. The standard InChI is InChI=1S/C17H16N2O4/c1-2-16(21)22-10-6-5-9-19-14-7-3-4-8-15(14)23-17(19)13(11-18)12-20/h2-4,7-8,12H,1,5-6,9-10H2/b17-13-. The minimum Gasteiger partial charge on any atom is -0.463 e. The van der Waals surface area contributed by atoms with Crippen LogP contribution in [-0.4, -0.2) is 25.4 Å². The van der Waals surface area contributed by atoms with Crippen LogP contribution >= 0.6 is 0 Å². The Kier molecular flexibility index (Phi) is 5.53. The maximum absolute atomic E-state index is 11.1. The Balaban J connectivity index is 2.05. The van der Waals surface area contributed by atoms with E-state index in [-0.39, 0.29) is 11.5 Å². The van der Waals surface area contributed by atoms with Crippen LogP contribution in [0.4, 0.5) is 5.69 Å². The number of hydrogen-bond acceptors (Lipinski definition) is 6. The average Bonchev–Trinajstić information content (AvgIpc) is 2.94. The minimum atomic E-state index is -0.451. The number of carbonyl (C=O) groups is 2. The molecular weight excluding hydrogens is 296 g/mol. The van der Waals surface area contributed by atoms with Crippen molar-refractivity contribution >= 4 is 17.9 Å². The van der Waals surface area contributed by atoms with Gasteiger partial charge in [0.05, 0.1) is 12.3 Å². The van der Waals surface area contributed by atoms with Crippen LogP contribution in [0.1, 0.15) is 12.8 Å². The van der Waals surface area contributed by atoms with E-state index in [9.17, 15) is 9.59 Å². The number of unbranched alkanes of at least 4 members (excludes halogenated alkanes) is 1. The van der Waals surface area contributed by atoms with E-state index in [2.05, 4.69) is 6.58 Å². The number of fused-ring (bicyclic) bond motifs is 1. The number of ether oxygens (including phenoxy) is 2. The van der Waals surface area contributed by atoms with Gasteiger partial charge in [-0.2, -0.15) is 5.26 Å². The van der Waals surface area contributed by atoms with Crippen molar-refractivity contribution in [2.45, 2.75) is 12.8 Å². The maximum atomic E-state index is 11.1. The average molecular weight is 312 g/mol. The Bertz CT molecular complexity index is 688. The Morgan fingerprint density at radius 1 is 1.39 bits per heavy atom. The van der Waals surface area contributed by atoms with Crippen molar-refractivity contribution in [3.05, 3.63) is 48.4 Å². The number of esters is 1. The fraction of sp³-hybridized carbons (Fsp3) is 0.235. The summed E-state index contributed by atoms with van der Waals surface area (Å²) in [4.78, 5) is 23.8. The third-order valence-corrected chi connectivity index (χ3v) is 3.26. The first-order chi connectivity index (χ1) is 11.2. The highest BCUT2D eigenvalue weighted by Gasteiger charge is 2.28. The van der Waals surface area contributed by atoms with Gasteiger partial charge in [-0.3, -0.25) is 4.79 Å². The van der Waals surface area contributed by atoms with Gasteiger partial charge in [0, 0.05) is 12.6 Å². The zero-order chi connectivity index (χ0) is 16.7. The third-order valence-electron chi connectivity index (χ3n) is 3.26. The molecule has 0 aliphatic carbocycles. The van der Waals surface area contributed by atoms with E-state index < -0.39 is 5.97 Å². The number of carbonyl (C=O) groups excluding carboxylic acids is 2. The first kappa shape index (κ1) is 16.3. The summed E-state index contributed by atoms with van der Waals surface area (Å²) in [6.45, 7) is 4.16. The van der Waals surface area contributed by atoms with E-state index in [1.807, 2.05) is 24.3 Å². The van der Waals surface area contributed by atoms with Gasteiger partial charge in [-0.05, 0) is 25.0 Å². The molecule has 2 rings (SSSR count). The molecule has 6 heteroatoms. The molecule has 0 saturated heterocycles. The Morgan fingerprint density at radius 3 is 2.87 bits per heavy atom. The number of para-hydroxylation sites is 2. The van der Waals surface area contributed by atoms with E-state index in [0.717, 1.165) is 11.8 Å². The lowest BCUT2D eigenvalue weighted by atomic mass is 10.2. The first-order valence-electron chi connectivity index (χ1n) is 7.14. The van der Waals surface area contributed by atoms with Crippen LogP contribution in [0.2, 0.25) is 0 Å². The van der Waals surface area contributed by atoms with Gasteiger partial charge in [0.25, 0.3) is 0 Å². The van der Waals surface area contributed by atoms with E-state index in [1.165, 1.54) is 0 Å². The fourth-order valence-corrected chi connectivity index (χ4v) is 2.19. The van der Waals surface area contributed by atoms with Gasteiger partial charge in [0.2, 0.25) is 5.88 Å². The minimum absolute atomic E-state index is 0.0562. The van der Waals surface area contributed by atoms with Crippen LogP contribution in [0.5, 0.6) is 5.75 Å². The summed E-state index contributed by atoms with van der Waals surface area (Å²) >= 11 is 0. The van der Waals surface area contributed by atoms with Gasteiger partial charge < -0.3 is 14.4 Å². The Hall–Kier alpha value is -3.07. The topological polar surface area (TPSA) is 79.6 Å². The molecular formula is C17H16N2O4. The molecule has 0 radical (unpaired) electrons. The summed E-state index contributed by atoms with van der Waals surface area (Å²) in [5, 5.41) is 9.07. The smallest absolute Gasteiger partial charge is 0.330 e. The molecule has 0 aromatic heterocycles. The molecule has 0 N–H and O–H groups in total. The summed E-state index contributed by atoms with van der Waals surface area (Å²) in [6.07, 6.45) is 2.95. The lowest BCUT2D eigenvalue weighted by Gasteiger charge is -2.18. The van der Waals surface area contributed by atoms with Crippen molar-refractivity contribution in [1.82, 2.24) is 0 Å². The maximum Gasteiger partial charge on any atom is 0.330 e. The van der Waals surface area contributed by atoms with Crippen molar-refractivity contribution in [2.24, 2.45) is 0 Å². The number of hydrogen-bond donors (Lipinski definition) is 0. The number of allylic oxidation sites excluding steroid dienone is 1. The van der Waals surface area contributed by atoms with Crippen molar-refractivity contribution in [3.63, 3.8) is 0 Å². The van der Waals surface area contributed by atoms with Crippen LogP contribution in [0, 0.1) is 11.3 Å². The molecule has 1 aliphatic heterocycles. The number of nitriles is 1. The predicted molar refractivity (Wildman–Crippen MR) is 83.5 cm³/mol. The molecule has 0 bridgehead atoms. The molecule has 0 amide bonds. The van der Waals surface area contributed by atoms with Crippen molar-refractivity contribution < 1.29 is 19.1 Å². The van der Waals surface area contributed by atoms with E-state index in [0.29, 0.717) is 38.0 Å². The van der Waals surface area contributed by atoms with Crippen molar-refractivity contribution in [1.29, 1.82) is 5.26 Å². The largest absolute Gasteiger partial charge is 0.463 e. The highest BCUT2D eigenvalue weighted by Crippen LogP contribution is 2.39. The Morgan fingerprint density at radius 2 is 2.17 bits per heavy atom. The first-order valence-corrected chi connectivity index (χ1v) is 7.14. The summed E-state index contributed by atoms with van der Waals surface area (Å²) in [6, 6.07) is 9.17. The molecule has 0 fully saturated rings. The molecule has 0 atom stereocenters. The second kappa shape index (κ2) is 7.80. The molecule has 0 spiro atoms.